The van der Waals surface area contributed by atoms with Crippen LogP contribution in [0.15, 0.2) is 30.3 Å². The Hall–Kier alpha value is -0.614. The van der Waals surface area contributed by atoms with Crippen LogP contribution in [0, 0.1) is 10.1 Å². The molecule has 0 atom stereocenters. The summed E-state index contributed by atoms with van der Waals surface area (Å²) in [5.41, 5.74) is 0.137. The number of benzene rings is 1. The SMILES string of the molecule is O=[N+]([O-])c1ccccc1.[Mg+2]. The summed E-state index contributed by atoms with van der Waals surface area (Å²) >= 11 is 0. The van der Waals surface area contributed by atoms with Crippen LogP contribution in [0.5, 0.6) is 0 Å². The molecule has 0 aliphatic heterocycles. The van der Waals surface area contributed by atoms with Crippen molar-refractivity contribution in [3.05, 3.63) is 40.4 Å². The van der Waals surface area contributed by atoms with Gasteiger partial charge in [-0.3, -0.25) is 10.1 Å². The largest absolute Gasteiger partial charge is 2.00 e. The Kier molecular flexibility index (Phi) is 3.98. The predicted molar refractivity (Wildman–Crippen MR) is 38.9 cm³/mol. The van der Waals surface area contributed by atoms with Gasteiger partial charge in [0.2, 0.25) is 0 Å². The van der Waals surface area contributed by atoms with E-state index >= 15 is 0 Å². The van der Waals surface area contributed by atoms with Gasteiger partial charge in [-0.25, -0.2) is 0 Å². The third kappa shape index (κ3) is 2.32. The zero-order valence-electron chi connectivity index (χ0n) is 5.36. The molecule has 0 fully saturated rings. The van der Waals surface area contributed by atoms with E-state index in [1.54, 1.807) is 18.2 Å². The molecule has 46 valence electrons. The Bertz CT molecular complexity index is 212. The fourth-order valence-corrected chi connectivity index (χ4v) is 0.550. The Balaban J connectivity index is 0.000000810. The van der Waals surface area contributed by atoms with Crippen molar-refractivity contribution in [3.63, 3.8) is 0 Å². The molecule has 0 aliphatic rings. The number of rotatable bonds is 1. The summed E-state index contributed by atoms with van der Waals surface area (Å²) in [4.78, 5) is 9.59. The van der Waals surface area contributed by atoms with Gasteiger partial charge in [-0.2, -0.15) is 0 Å². The van der Waals surface area contributed by atoms with E-state index in [2.05, 4.69) is 0 Å². The molecule has 0 bridgehead atoms. The van der Waals surface area contributed by atoms with Gasteiger partial charge in [0, 0.05) is 12.1 Å². The molecule has 0 aromatic heterocycles. The first-order chi connectivity index (χ1) is 4.30. The fourth-order valence-electron chi connectivity index (χ4n) is 0.550. The number of hydrogen-bond donors (Lipinski definition) is 0. The van der Waals surface area contributed by atoms with Gasteiger partial charge in [-0.1, -0.05) is 18.2 Å². The van der Waals surface area contributed by atoms with Gasteiger partial charge in [0.15, 0.2) is 0 Å². The molecule has 0 amide bonds. The summed E-state index contributed by atoms with van der Waals surface area (Å²) in [5, 5.41) is 10.0. The Morgan fingerprint density at radius 1 is 1.20 bits per heavy atom. The molecule has 0 saturated carbocycles. The third-order valence-corrected chi connectivity index (χ3v) is 0.967. The van der Waals surface area contributed by atoms with Crippen molar-refractivity contribution in [1.82, 2.24) is 0 Å². The van der Waals surface area contributed by atoms with Crippen LogP contribution in [0.1, 0.15) is 0 Å². The number of nitrogens with zero attached hydrogens (tertiary/aromatic N) is 1. The van der Waals surface area contributed by atoms with Gasteiger partial charge in [0.1, 0.15) is 0 Å². The molecule has 0 unspecified atom stereocenters. The van der Waals surface area contributed by atoms with Crippen LogP contribution in [-0.4, -0.2) is 28.0 Å². The summed E-state index contributed by atoms with van der Waals surface area (Å²) < 4.78 is 0. The van der Waals surface area contributed by atoms with Crippen LogP contribution in [0.2, 0.25) is 0 Å². The van der Waals surface area contributed by atoms with Crippen LogP contribution in [0.3, 0.4) is 0 Å². The maximum Gasteiger partial charge on any atom is 2.00 e. The minimum atomic E-state index is -0.417. The van der Waals surface area contributed by atoms with E-state index < -0.39 is 4.92 Å². The van der Waals surface area contributed by atoms with Crippen molar-refractivity contribution < 1.29 is 4.92 Å². The second-order valence-electron chi connectivity index (χ2n) is 1.59. The van der Waals surface area contributed by atoms with Crippen molar-refractivity contribution >= 4 is 28.7 Å². The molecule has 0 spiro atoms. The van der Waals surface area contributed by atoms with E-state index in [1.165, 1.54) is 12.1 Å². The Morgan fingerprint density at radius 3 is 2.00 bits per heavy atom. The van der Waals surface area contributed by atoms with Gasteiger partial charge < -0.3 is 0 Å². The first kappa shape index (κ1) is 9.39. The van der Waals surface area contributed by atoms with E-state index in [1.807, 2.05) is 0 Å². The smallest absolute Gasteiger partial charge is 0.258 e. The number of para-hydroxylation sites is 1. The molecule has 1 aromatic carbocycles. The van der Waals surface area contributed by atoms with Crippen molar-refractivity contribution in [3.8, 4) is 0 Å². The molecule has 0 radical (unpaired) electrons. The van der Waals surface area contributed by atoms with E-state index in [0.717, 1.165) is 0 Å². The maximum atomic E-state index is 10.0. The minimum Gasteiger partial charge on any atom is -0.258 e. The summed E-state index contributed by atoms with van der Waals surface area (Å²) in [7, 11) is 0. The van der Waals surface area contributed by atoms with Gasteiger partial charge in [0.25, 0.3) is 5.69 Å². The van der Waals surface area contributed by atoms with Crippen molar-refractivity contribution in [2.24, 2.45) is 0 Å². The summed E-state index contributed by atoms with van der Waals surface area (Å²) in [6.07, 6.45) is 0. The van der Waals surface area contributed by atoms with E-state index in [9.17, 15) is 10.1 Å². The standard InChI is InChI=1S/C6H5NO2.Mg/c8-7(9)6-4-2-1-3-5-6;/h1-5H;/q;+2. The summed E-state index contributed by atoms with van der Waals surface area (Å²) in [5.74, 6) is 0. The third-order valence-electron chi connectivity index (χ3n) is 0.967. The van der Waals surface area contributed by atoms with Gasteiger partial charge in [0.05, 0.1) is 4.92 Å². The van der Waals surface area contributed by atoms with Gasteiger partial charge >= 0.3 is 23.1 Å². The predicted octanol–water partition coefficient (Wildman–Crippen LogP) is 1.21. The first-order valence-electron chi connectivity index (χ1n) is 2.50. The zero-order valence-corrected chi connectivity index (χ0v) is 6.77. The van der Waals surface area contributed by atoms with Crippen LogP contribution < -0.4 is 0 Å². The summed E-state index contributed by atoms with van der Waals surface area (Å²) in [6.45, 7) is 0. The average molecular weight is 147 g/mol. The molecule has 0 N–H and O–H groups in total. The molecule has 0 aliphatic carbocycles. The fraction of sp³-hybridized carbons (Fsp3) is 0. The number of nitro benzene ring substituents is 1. The summed E-state index contributed by atoms with van der Waals surface area (Å²) in [6, 6.07) is 7.93. The minimum absolute atomic E-state index is 0. The van der Waals surface area contributed by atoms with Crippen molar-refractivity contribution in [2.75, 3.05) is 0 Å². The molecule has 4 heteroatoms. The average Bonchev–Trinajstić information content (AvgIpc) is 1.90. The maximum absolute atomic E-state index is 10.0. The van der Waals surface area contributed by atoms with Crippen molar-refractivity contribution in [2.45, 2.75) is 0 Å². The van der Waals surface area contributed by atoms with Crippen LogP contribution >= 0.6 is 0 Å². The van der Waals surface area contributed by atoms with Gasteiger partial charge in [-0.05, 0) is 0 Å². The Labute approximate surface area is 74.4 Å². The van der Waals surface area contributed by atoms with Crippen LogP contribution in [0.25, 0.3) is 0 Å². The molecule has 0 heterocycles. The zero-order chi connectivity index (χ0) is 6.69. The molecule has 10 heavy (non-hydrogen) atoms. The topological polar surface area (TPSA) is 43.1 Å². The molecular weight excluding hydrogens is 142 g/mol. The van der Waals surface area contributed by atoms with Crippen molar-refractivity contribution in [1.29, 1.82) is 0 Å². The van der Waals surface area contributed by atoms with E-state index in [4.69, 9.17) is 0 Å². The molecule has 1 aromatic rings. The van der Waals surface area contributed by atoms with Crippen LogP contribution in [-0.2, 0) is 0 Å². The second kappa shape index (κ2) is 4.24. The monoisotopic (exact) mass is 147 g/mol. The van der Waals surface area contributed by atoms with E-state index in [-0.39, 0.29) is 28.7 Å². The number of nitro groups is 1. The Morgan fingerprint density at radius 2 is 1.70 bits per heavy atom. The number of non-ortho nitro benzene ring substituents is 1. The molecule has 0 saturated heterocycles. The molecular formula is C6H5MgNO2+2. The van der Waals surface area contributed by atoms with Gasteiger partial charge in [-0.15, -0.1) is 0 Å². The normalized spacial score (nSPS) is 8.00. The second-order valence-corrected chi connectivity index (χ2v) is 1.59. The van der Waals surface area contributed by atoms with Crippen LogP contribution in [0.4, 0.5) is 5.69 Å². The quantitative estimate of drug-likeness (QED) is 0.340. The molecule has 1 rings (SSSR count). The first-order valence-corrected chi connectivity index (χ1v) is 2.50. The number of hydrogen-bond acceptors (Lipinski definition) is 2. The molecule has 3 nitrogen and oxygen atoms in total. The van der Waals surface area contributed by atoms with E-state index in [0.29, 0.717) is 0 Å².